The summed E-state index contributed by atoms with van der Waals surface area (Å²) in [4.78, 5) is 0.941. The lowest BCUT2D eigenvalue weighted by Crippen LogP contribution is -2.33. The van der Waals surface area contributed by atoms with Crippen LogP contribution in [0.15, 0.2) is 35.2 Å². The molecule has 1 saturated carbocycles. The van der Waals surface area contributed by atoms with Gasteiger partial charge in [0.25, 0.3) is 0 Å². The van der Waals surface area contributed by atoms with E-state index >= 15 is 0 Å². The molecule has 1 aliphatic carbocycles. The predicted octanol–water partition coefficient (Wildman–Crippen LogP) is 2.06. The summed E-state index contributed by atoms with van der Waals surface area (Å²) in [6, 6.07) is 9.96. The van der Waals surface area contributed by atoms with Crippen molar-refractivity contribution >= 4 is 10.8 Å². The van der Waals surface area contributed by atoms with Gasteiger partial charge >= 0.3 is 0 Å². The van der Waals surface area contributed by atoms with Gasteiger partial charge in [0.15, 0.2) is 0 Å². The van der Waals surface area contributed by atoms with Crippen molar-refractivity contribution in [3.63, 3.8) is 0 Å². The highest BCUT2D eigenvalue weighted by molar-refractivity contribution is 7.85. The lowest BCUT2D eigenvalue weighted by Gasteiger charge is -2.25. The third kappa shape index (κ3) is 2.67. The topological polar surface area (TPSA) is 43.1 Å². The monoisotopic (exact) mass is 223 g/mol. The highest BCUT2D eigenvalue weighted by Gasteiger charge is 2.24. The van der Waals surface area contributed by atoms with E-state index in [2.05, 4.69) is 0 Å². The molecule has 3 atom stereocenters. The fourth-order valence-electron chi connectivity index (χ4n) is 2.12. The van der Waals surface area contributed by atoms with E-state index in [1.807, 2.05) is 30.3 Å². The van der Waals surface area contributed by atoms with Crippen molar-refractivity contribution in [2.75, 3.05) is 0 Å². The smallest absolute Gasteiger partial charge is 0.0561 e. The number of nitrogens with two attached hydrogens (primary N) is 1. The van der Waals surface area contributed by atoms with Crippen LogP contribution in [0.4, 0.5) is 0 Å². The van der Waals surface area contributed by atoms with Crippen LogP contribution >= 0.6 is 0 Å². The Morgan fingerprint density at radius 3 is 2.60 bits per heavy atom. The van der Waals surface area contributed by atoms with Crippen molar-refractivity contribution in [1.29, 1.82) is 0 Å². The van der Waals surface area contributed by atoms with Crippen LogP contribution in [-0.2, 0) is 10.8 Å². The predicted molar refractivity (Wildman–Crippen MR) is 63.1 cm³/mol. The van der Waals surface area contributed by atoms with Crippen LogP contribution in [0.25, 0.3) is 0 Å². The second-order valence-electron chi connectivity index (χ2n) is 4.16. The van der Waals surface area contributed by atoms with E-state index in [4.69, 9.17) is 5.73 Å². The lowest BCUT2D eigenvalue weighted by molar-refractivity contribution is 0.444. The number of benzene rings is 1. The molecule has 0 bridgehead atoms. The van der Waals surface area contributed by atoms with Crippen LogP contribution in [-0.4, -0.2) is 15.5 Å². The van der Waals surface area contributed by atoms with Crippen LogP contribution in [0.3, 0.4) is 0 Å². The average molecular weight is 223 g/mol. The summed E-state index contributed by atoms with van der Waals surface area (Å²) in [6.45, 7) is 0. The van der Waals surface area contributed by atoms with E-state index in [0.29, 0.717) is 0 Å². The molecule has 1 aromatic carbocycles. The van der Waals surface area contributed by atoms with Gasteiger partial charge in [0.2, 0.25) is 0 Å². The van der Waals surface area contributed by atoms with Crippen LogP contribution in [0.1, 0.15) is 25.7 Å². The van der Waals surface area contributed by atoms with Gasteiger partial charge in [-0.05, 0) is 31.4 Å². The minimum Gasteiger partial charge on any atom is -0.328 e. The van der Waals surface area contributed by atoms with Gasteiger partial charge in [-0.15, -0.1) is 0 Å². The molecule has 0 saturated heterocycles. The van der Waals surface area contributed by atoms with Crippen LogP contribution < -0.4 is 5.73 Å². The summed E-state index contributed by atoms with van der Waals surface area (Å²) < 4.78 is 12.2. The van der Waals surface area contributed by atoms with Crippen molar-refractivity contribution < 1.29 is 4.21 Å². The first kappa shape index (κ1) is 10.8. The Morgan fingerprint density at radius 2 is 1.93 bits per heavy atom. The van der Waals surface area contributed by atoms with Crippen molar-refractivity contribution in [1.82, 2.24) is 0 Å². The Kier molecular flexibility index (Phi) is 3.54. The van der Waals surface area contributed by atoms with E-state index < -0.39 is 10.8 Å². The van der Waals surface area contributed by atoms with Gasteiger partial charge in [0.1, 0.15) is 0 Å². The highest BCUT2D eigenvalue weighted by atomic mass is 32.2. The maximum absolute atomic E-state index is 12.2. The molecule has 0 aromatic heterocycles. The lowest BCUT2D eigenvalue weighted by atomic mass is 9.96. The number of rotatable bonds is 2. The summed E-state index contributed by atoms with van der Waals surface area (Å²) >= 11 is 0. The molecule has 0 aliphatic heterocycles. The maximum atomic E-state index is 12.2. The molecule has 15 heavy (non-hydrogen) atoms. The zero-order valence-corrected chi connectivity index (χ0v) is 9.58. The molecule has 2 nitrogen and oxygen atoms in total. The minimum atomic E-state index is -0.871. The molecule has 1 aliphatic rings. The highest BCUT2D eigenvalue weighted by Crippen LogP contribution is 2.25. The van der Waals surface area contributed by atoms with Crippen molar-refractivity contribution in [2.24, 2.45) is 5.73 Å². The van der Waals surface area contributed by atoms with E-state index in [0.717, 1.165) is 30.6 Å². The van der Waals surface area contributed by atoms with E-state index in [-0.39, 0.29) is 11.3 Å². The molecule has 0 spiro atoms. The number of hydrogen-bond acceptors (Lipinski definition) is 2. The van der Waals surface area contributed by atoms with Gasteiger partial charge in [0.05, 0.1) is 10.8 Å². The standard InChI is InChI=1S/C12H17NOS/c13-10-5-4-8-12(9-10)15(14)11-6-2-1-3-7-11/h1-3,6-7,10,12H,4-5,8-9,13H2. The van der Waals surface area contributed by atoms with Crippen LogP contribution in [0.5, 0.6) is 0 Å². The first-order chi connectivity index (χ1) is 7.27. The molecule has 1 aromatic rings. The largest absolute Gasteiger partial charge is 0.328 e. The number of hydrogen-bond donors (Lipinski definition) is 1. The molecule has 3 heteroatoms. The van der Waals surface area contributed by atoms with Gasteiger partial charge in [-0.2, -0.15) is 0 Å². The van der Waals surface area contributed by atoms with E-state index in [1.165, 1.54) is 0 Å². The Morgan fingerprint density at radius 1 is 1.20 bits per heavy atom. The normalized spacial score (nSPS) is 28.6. The third-order valence-electron chi connectivity index (χ3n) is 2.94. The molecule has 2 rings (SSSR count). The third-order valence-corrected chi connectivity index (χ3v) is 4.72. The summed E-state index contributed by atoms with van der Waals surface area (Å²) in [5.74, 6) is 0. The van der Waals surface area contributed by atoms with Gasteiger partial charge in [-0.1, -0.05) is 24.6 Å². The van der Waals surface area contributed by atoms with Gasteiger partial charge in [-0.25, -0.2) is 0 Å². The average Bonchev–Trinajstić information content (AvgIpc) is 2.29. The maximum Gasteiger partial charge on any atom is 0.0561 e. The SMILES string of the molecule is NC1CCCC(S(=O)c2ccccc2)C1. The summed E-state index contributed by atoms with van der Waals surface area (Å²) in [6.07, 6.45) is 4.16. The first-order valence-corrected chi connectivity index (χ1v) is 6.70. The Bertz CT molecular complexity index is 339. The Balaban J connectivity index is 2.08. The second kappa shape index (κ2) is 4.90. The Labute approximate surface area is 93.3 Å². The molecule has 0 heterocycles. The van der Waals surface area contributed by atoms with Crippen LogP contribution in [0, 0.1) is 0 Å². The first-order valence-electron chi connectivity index (χ1n) is 5.48. The summed E-state index contributed by atoms with van der Waals surface area (Å²) in [5, 5.41) is 0.260. The fraction of sp³-hybridized carbons (Fsp3) is 0.500. The van der Waals surface area contributed by atoms with E-state index in [9.17, 15) is 4.21 Å². The summed E-state index contributed by atoms with van der Waals surface area (Å²) in [5.41, 5.74) is 5.91. The molecular weight excluding hydrogens is 206 g/mol. The van der Waals surface area contributed by atoms with E-state index in [1.54, 1.807) is 0 Å². The molecule has 0 amide bonds. The van der Waals surface area contributed by atoms with Crippen molar-refractivity contribution in [2.45, 2.75) is 41.9 Å². The quantitative estimate of drug-likeness (QED) is 0.834. The fourth-order valence-corrected chi connectivity index (χ4v) is 3.74. The van der Waals surface area contributed by atoms with Crippen molar-refractivity contribution in [3.05, 3.63) is 30.3 Å². The molecule has 0 radical (unpaired) electrons. The molecular formula is C12H17NOS. The molecule has 1 fully saturated rings. The van der Waals surface area contributed by atoms with Gasteiger partial charge in [-0.3, -0.25) is 4.21 Å². The zero-order chi connectivity index (χ0) is 10.7. The summed E-state index contributed by atoms with van der Waals surface area (Å²) in [7, 11) is -0.871. The van der Waals surface area contributed by atoms with Crippen LogP contribution in [0.2, 0.25) is 0 Å². The minimum absolute atomic E-state index is 0.247. The zero-order valence-electron chi connectivity index (χ0n) is 8.76. The van der Waals surface area contributed by atoms with Crippen molar-refractivity contribution in [3.8, 4) is 0 Å². The molecule has 82 valence electrons. The molecule has 2 N–H and O–H groups in total. The molecule has 3 unspecified atom stereocenters. The van der Waals surface area contributed by atoms with Gasteiger partial charge in [0, 0.05) is 16.2 Å². The Hall–Kier alpha value is -0.670. The van der Waals surface area contributed by atoms with Gasteiger partial charge < -0.3 is 5.73 Å². The second-order valence-corrected chi connectivity index (χ2v) is 5.89.